The van der Waals surface area contributed by atoms with Gasteiger partial charge in [-0.3, -0.25) is 0 Å². The maximum absolute atomic E-state index is 11.4. The van der Waals surface area contributed by atoms with Crippen LogP contribution in [0.25, 0.3) is 0 Å². The van der Waals surface area contributed by atoms with Crippen LogP contribution in [0.2, 0.25) is 0 Å². The minimum atomic E-state index is -1.03. The van der Waals surface area contributed by atoms with Crippen LogP contribution in [0, 0.1) is 5.92 Å². The lowest BCUT2D eigenvalue weighted by molar-refractivity contribution is -0.140. The Kier molecular flexibility index (Phi) is 5.99. The maximum atomic E-state index is 11.4. The molecule has 5 nitrogen and oxygen atoms in total. The average Bonchev–Trinajstić information content (AvgIpc) is 2.13. The molecule has 0 aromatic rings. The van der Waals surface area contributed by atoms with Crippen molar-refractivity contribution in [3.05, 3.63) is 0 Å². The second kappa shape index (κ2) is 6.47. The van der Waals surface area contributed by atoms with Crippen LogP contribution < -0.4 is 5.32 Å². The number of alkyl carbamates (subject to hydrolysis) is 1. The van der Waals surface area contributed by atoms with Crippen LogP contribution in [0.15, 0.2) is 0 Å². The Morgan fingerprint density at radius 3 is 2.24 bits per heavy atom. The van der Waals surface area contributed by atoms with Crippen LogP contribution in [-0.2, 0) is 9.53 Å². The molecule has 0 aliphatic rings. The van der Waals surface area contributed by atoms with E-state index in [9.17, 15) is 9.59 Å². The molecule has 5 heteroatoms. The summed E-state index contributed by atoms with van der Waals surface area (Å²) in [7, 11) is 0. The van der Waals surface area contributed by atoms with Crippen molar-refractivity contribution in [2.24, 2.45) is 5.92 Å². The van der Waals surface area contributed by atoms with Gasteiger partial charge in [0.1, 0.15) is 11.6 Å². The van der Waals surface area contributed by atoms with Gasteiger partial charge in [0.15, 0.2) is 0 Å². The van der Waals surface area contributed by atoms with Gasteiger partial charge in [0.2, 0.25) is 0 Å². The van der Waals surface area contributed by atoms with Gasteiger partial charge in [0.25, 0.3) is 0 Å². The van der Waals surface area contributed by atoms with Gasteiger partial charge in [-0.15, -0.1) is 0 Å². The van der Waals surface area contributed by atoms with Gasteiger partial charge in [-0.05, 0) is 33.1 Å². The summed E-state index contributed by atoms with van der Waals surface area (Å²) in [5.74, 6) is -0.790. The van der Waals surface area contributed by atoms with Crippen molar-refractivity contribution in [1.82, 2.24) is 5.32 Å². The van der Waals surface area contributed by atoms with Crippen molar-refractivity contribution in [2.45, 2.75) is 59.1 Å². The van der Waals surface area contributed by atoms with E-state index in [1.165, 1.54) is 0 Å². The van der Waals surface area contributed by atoms with E-state index in [0.29, 0.717) is 6.42 Å². The number of ether oxygens (including phenoxy) is 1. The highest BCUT2D eigenvalue weighted by Crippen LogP contribution is 2.12. The Morgan fingerprint density at radius 2 is 1.88 bits per heavy atom. The predicted molar refractivity (Wildman–Crippen MR) is 64.9 cm³/mol. The van der Waals surface area contributed by atoms with Gasteiger partial charge < -0.3 is 15.2 Å². The monoisotopic (exact) mass is 245 g/mol. The molecule has 2 N–H and O–H groups in total. The van der Waals surface area contributed by atoms with Crippen LogP contribution in [0.1, 0.15) is 47.5 Å². The van der Waals surface area contributed by atoms with Gasteiger partial charge in [-0.2, -0.15) is 0 Å². The molecule has 0 unspecified atom stereocenters. The number of hydrogen-bond acceptors (Lipinski definition) is 3. The first-order chi connectivity index (χ1) is 7.65. The zero-order chi connectivity index (χ0) is 13.6. The minimum absolute atomic E-state index is 0.242. The quantitative estimate of drug-likeness (QED) is 0.779. The summed E-state index contributed by atoms with van der Waals surface area (Å²) in [5, 5.41) is 11.4. The lowest BCUT2D eigenvalue weighted by atomic mass is 9.99. The number of carbonyl (C=O) groups is 2. The van der Waals surface area contributed by atoms with E-state index in [-0.39, 0.29) is 5.92 Å². The molecule has 0 aromatic heterocycles. The summed E-state index contributed by atoms with van der Waals surface area (Å²) in [5.41, 5.74) is -0.622. The van der Waals surface area contributed by atoms with Gasteiger partial charge in [-0.25, -0.2) is 9.59 Å². The highest BCUT2D eigenvalue weighted by molar-refractivity contribution is 5.79. The topological polar surface area (TPSA) is 75.6 Å². The number of nitrogens with one attached hydrogen (secondary N) is 1. The summed E-state index contributed by atoms with van der Waals surface area (Å²) >= 11 is 0. The molecule has 100 valence electrons. The minimum Gasteiger partial charge on any atom is -0.480 e. The van der Waals surface area contributed by atoms with Crippen LogP contribution >= 0.6 is 0 Å². The molecule has 0 saturated carbocycles. The van der Waals surface area contributed by atoms with Crippen molar-refractivity contribution in [2.75, 3.05) is 0 Å². The number of carboxylic acids is 1. The van der Waals surface area contributed by atoms with Gasteiger partial charge >= 0.3 is 12.1 Å². The third-order valence-corrected chi connectivity index (χ3v) is 2.32. The van der Waals surface area contributed by atoms with Crippen LogP contribution in [0.4, 0.5) is 4.79 Å². The molecule has 0 bridgehead atoms. The fraction of sp³-hybridized carbons (Fsp3) is 0.833. The molecule has 1 amide bonds. The molecule has 0 spiro atoms. The molecule has 0 aliphatic carbocycles. The first-order valence-corrected chi connectivity index (χ1v) is 5.88. The summed E-state index contributed by atoms with van der Waals surface area (Å²) in [4.78, 5) is 22.4. The van der Waals surface area contributed by atoms with Crippen LogP contribution in [0.5, 0.6) is 0 Å². The molecule has 0 fully saturated rings. The highest BCUT2D eigenvalue weighted by atomic mass is 16.6. The molecular formula is C12H23NO4. The number of rotatable bonds is 5. The van der Waals surface area contributed by atoms with Gasteiger partial charge in [0, 0.05) is 0 Å². The van der Waals surface area contributed by atoms with Crippen LogP contribution in [0.3, 0.4) is 0 Å². The number of carboxylic acid groups (broad SMARTS) is 1. The third-order valence-electron chi connectivity index (χ3n) is 2.32. The average molecular weight is 245 g/mol. The van der Waals surface area contributed by atoms with E-state index in [2.05, 4.69) is 5.32 Å². The van der Waals surface area contributed by atoms with E-state index in [4.69, 9.17) is 9.84 Å². The Morgan fingerprint density at radius 1 is 1.35 bits per heavy atom. The van der Waals surface area contributed by atoms with Gasteiger partial charge in [-0.1, -0.05) is 20.3 Å². The van der Waals surface area contributed by atoms with Gasteiger partial charge in [0.05, 0.1) is 0 Å². The SMILES string of the molecule is CC[C@@H](C)C[C@@H](NC(=O)OC(C)(C)C)C(=O)O. The second-order valence-electron chi connectivity index (χ2n) is 5.29. The van der Waals surface area contributed by atoms with Crippen molar-refractivity contribution in [3.8, 4) is 0 Å². The molecule has 0 aromatic carbocycles. The number of carbonyl (C=O) groups excluding carboxylic acids is 1. The van der Waals surface area contributed by atoms with E-state index in [1.807, 2.05) is 13.8 Å². The van der Waals surface area contributed by atoms with E-state index in [0.717, 1.165) is 6.42 Å². The van der Waals surface area contributed by atoms with E-state index >= 15 is 0 Å². The van der Waals surface area contributed by atoms with Crippen molar-refractivity contribution in [3.63, 3.8) is 0 Å². The van der Waals surface area contributed by atoms with Crippen molar-refractivity contribution >= 4 is 12.1 Å². The predicted octanol–water partition coefficient (Wildman–Crippen LogP) is 2.40. The van der Waals surface area contributed by atoms with Crippen LogP contribution in [-0.4, -0.2) is 28.8 Å². The molecule has 0 aliphatic heterocycles. The fourth-order valence-corrected chi connectivity index (χ4v) is 1.24. The molecule has 0 heterocycles. The summed E-state index contributed by atoms with van der Waals surface area (Å²) in [6.07, 6.45) is 0.596. The lowest BCUT2D eigenvalue weighted by Crippen LogP contribution is -2.44. The van der Waals surface area contributed by atoms with Crippen molar-refractivity contribution in [1.29, 1.82) is 0 Å². The molecule has 2 atom stereocenters. The molecule has 17 heavy (non-hydrogen) atoms. The molecule has 0 rings (SSSR count). The third kappa shape index (κ3) is 7.60. The Labute approximate surface area is 103 Å². The molecular weight excluding hydrogens is 222 g/mol. The molecule has 0 radical (unpaired) electrons. The number of amides is 1. The summed E-state index contributed by atoms with van der Waals surface area (Å²) < 4.78 is 5.02. The normalized spacial score (nSPS) is 14.9. The Balaban J connectivity index is 4.35. The highest BCUT2D eigenvalue weighted by Gasteiger charge is 2.24. The lowest BCUT2D eigenvalue weighted by Gasteiger charge is -2.23. The van der Waals surface area contributed by atoms with E-state index < -0.39 is 23.7 Å². The fourth-order valence-electron chi connectivity index (χ4n) is 1.24. The zero-order valence-corrected chi connectivity index (χ0v) is 11.2. The molecule has 0 saturated heterocycles. The maximum Gasteiger partial charge on any atom is 0.408 e. The summed E-state index contributed by atoms with van der Waals surface area (Å²) in [6.45, 7) is 9.13. The van der Waals surface area contributed by atoms with Crippen molar-refractivity contribution < 1.29 is 19.4 Å². The first-order valence-electron chi connectivity index (χ1n) is 5.88. The van der Waals surface area contributed by atoms with E-state index in [1.54, 1.807) is 20.8 Å². The number of hydrogen-bond donors (Lipinski definition) is 2. The Bertz CT molecular complexity index is 270. The number of aliphatic carboxylic acids is 1. The Hall–Kier alpha value is -1.26. The smallest absolute Gasteiger partial charge is 0.408 e. The first kappa shape index (κ1) is 15.7. The second-order valence-corrected chi connectivity index (χ2v) is 5.29. The summed E-state index contributed by atoms with van der Waals surface area (Å²) in [6, 6.07) is -0.889. The zero-order valence-electron chi connectivity index (χ0n) is 11.2. The largest absolute Gasteiger partial charge is 0.480 e. The standard InChI is InChI=1S/C12H23NO4/c1-6-8(2)7-9(10(14)15)13-11(16)17-12(3,4)5/h8-9H,6-7H2,1-5H3,(H,13,16)(H,14,15)/t8-,9-/m1/s1.